The molecular weight excluding hydrogens is 378 g/mol. The average molecular weight is 401 g/mol. The lowest BCUT2D eigenvalue weighted by Crippen LogP contribution is -2.50. The zero-order chi connectivity index (χ0) is 20.7. The Morgan fingerprint density at radius 1 is 1.21 bits per heavy atom. The fourth-order valence-electron chi connectivity index (χ4n) is 3.27. The molecule has 1 aromatic carbocycles. The van der Waals surface area contributed by atoms with Gasteiger partial charge in [-0.25, -0.2) is 4.79 Å². The van der Waals surface area contributed by atoms with Gasteiger partial charge in [0.25, 0.3) is 5.91 Å². The molecule has 154 valence electrons. The van der Waals surface area contributed by atoms with Crippen LogP contribution < -0.4 is 14.8 Å². The summed E-state index contributed by atoms with van der Waals surface area (Å²) in [5, 5.41) is 15.9. The van der Waals surface area contributed by atoms with Crippen molar-refractivity contribution in [3.05, 3.63) is 23.8 Å². The number of carbonyl (C=O) groups is 2. The molecule has 1 aromatic rings. The zero-order valence-corrected chi connectivity index (χ0v) is 16.2. The fraction of sp³-hybridized carbons (Fsp3) is 0.500. The molecule has 3 rings (SSSR count). The Hall–Kier alpha value is -3.28. The van der Waals surface area contributed by atoms with E-state index in [0.717, 1.165) is 24.8 Å². The first-order chi connectivity index (χ1) is 14.0. The summed E-state index contributed by atoms with van der Waals surface area (Å²) in [7, 11) is 0. The summed E-state index contributed by atoms with van der Waals surface area (Å²) < 4.78 is 15.4. The van der Waals surface area contributed by atoms with Crippen LogP contribution in [0.1, 0.15) is 44.6 Å². The summed E-state index contributed by atoms with van der Waals surface area (Å²) in [5.74, 6) is 0.0604. The van der Waals surface area contributed by atoms with Gasteiger partial charge in [-0.15, -0.1) is 0 Å². The minimum atomic E-state index is -0.857. The predicted molar refractivity (Wildman–Crippen MR) is 101 cm³/mol. The Kier molecular flexibility index (Phi) is 6.54. The number of nitrogens with one attached hydrogen (secondary N) is 1. The zero-order valence-electron chi connectivity index (χ0n) is 16.2. The highest BCUT2D eigenvalue weighted by Crippen LogP contribution is 2.32. The molecule has 1 saturated carbocycles. The molecule has 1 aliphatic heterocycles. The molecule has 0 saturated heterocycles. The van der Waals surface area contributed by atoms with Crippen LogP contribution in [0.2, 0.25) is 0 Å². The molecule has 9 nitrogen and oxygen atoms in total. The summed E-state index contributed by atoms with van der Waals surface area (Å²) >= 11 is 0. The molecule has 29 heavy (non-hydrogen) atoms. The van der Waals surface area contributed by atoms with Gasteiger partial charge in [-0.3, -0.25) is 4.79 Å². The normalized spacial score (nSPS) is 17.2. The van der Waals surface area contributed by atoms with Crippen molar-refractivity contribution in [1.29, 1.82) is 5.26 Å². The number of nitrogens with zero attached hydrogens (tertiary/aromatic N) is 2. The second-order valence-corrected chi connectivity index (χ2v) is 6.98. The maximum atomic E-state index is 12.0. The minimum Gasteiger partial charge on any atom is -0.454 e. The topological polar surface area (TPSA) is 119 Å². The summed E-state index contributed by atoms with van der Waals surface area (Å²) in [6.07, 6.45) is 4.06. The standard InChI is InChI=1S/C20H23N3O6/c1-14(15-5-6-16-17(9-15)28-13-27-16)23-29-11-19(25)26-10-18(24)22-20(12-21)7-3-2-4-8-20/h5-6,9H,2-4,7-8,10-11,13H2,1H3,(H,22,24)/b23-14-. The molecule has 0 bridgehead atoms. The molecule has 0 aromatic heterocycles. The second kappa shape index (κ2) is 9.28. The number of amides is 1. The Morgan fingerprint density at radius 3 is 2.72 bits per heavy atom. The molecular formula is C20H23N3O6. The third-order valence-electron chi connectivity index (χ3n) is 4.84. The van der Waals surface area contributed by atoms with E-state index in [0.29, 0.717) is 30.1 Å². The molecule has 0 unspecified atom stereocenters. The average Bonchev–Trinajstić information content (AvgIpc) is 3.20. The quantitative estimate of drug-likeness (QED) is 0.422. The number of rotatable bonds is 7. The molecule has 2 aliphatic rings. The number of ether oxygens (including phenoxy) is 3. The SMILES string of the molecule is C/C(=N/OCC(=O)OCC(=O)NC1(C#N)CCCCC1)c1ccc2c(c1)OCO2. The van der Waals surface area contributed by atoms with Gasteiger partial charge in [-0.05, 0) is 38.0 Å². The maximum absolute atomic E-state index is 12.0. The molecule has 0 radical (unpaired) electrons. The molecule has 1 fully saturated rings. The van der Waals surface area contributed by atoms with Crippen LogP contribution in [0.15, 0.2) is 23.4 Å². The first-order valence-electron chi connectivity index (χ1n) is 9.46. The molecule has 1 N–H and O–H groups in total. The molecule has 1 aliphatic carbocycles. The van der Waals surface area contributed by atoms with E-state index in [4.69, 9.17) is 19.0 Å². The molecule has 1 heterocycles. The first kappa shape index (κ1) is 20.5. The lowest BCUT2D eigenvalue weighted by molar-refractivity contribution is -0.153. The van der Waals surface area contributed by atoms with Crippen LogP contribution in [0.3, 0.4) is 0 Å². The number of hydrogen-bond acceptors (Lipinski definition) is 8. The largest absolute Gasteiger partial charge is 0.454 e. The third kappa shape index (κ3) is 5.38. The minimum absolute atomic E-state index is 0.181. The van der Waals surface area contributed by atoms with Crippen LogP contribution in [-0.4, -0.2) is 43.1 Å². The number of carbonyl (C=O) groups excluding carboxylic acids is 2. The van der Waals surface area contributed by atoms with Crippen LogP contribution in [0.4, 0.5) is 0 Å². The van der Waals surface area contributed by atoms with E-state index in [1.54, 1.807) is 25.1 Å². The Balaban J connectivity index is 1.41. The highest BCUT2D eigenvalue weighted by molar-refractivity contribution is 5.99. The van der Waals surface area contributed by atoms with Gasteiger partial charge in [0.1, 0.15) is 5.54 Å². The summed E-state index contributed by atoms with van der Waals surface area (Å²) in [4.78, 5) is 28.8. The molecule has 0 atom stereocenters. The lowest BCUT2D eigenvalue weighted by atomic mass is 9.83. The van der Waals surface area contributed by atoms with E-state index in [-0.39, 0.29) is 6.79 Å². The summed E-state index contributed by atoms with van der Waals surface area (Å²) in [6.45, 7) is 1.01. The van der Waals surface area contributed by atoms with Gasteiger partial charge in [0.15, 0.2) is 18.1 Å². The molecule has 0 spiro atoms. The predicted octanol–water partition coefficient (Wildman–Crippen LogP) is 2.04. The maximum Gasteiger partial charge on any atom is 0.347 e. The van der Waals surface area contributed by atoms with E-state index in [1.165, 1.54) is 0 Å². The fourth-order valence-corrected chi connectivity index (χ4v) is 3.27. The van der Waals surface area contributed by atoms with Gasteiger partial charge in [0.05, 0.1) is 11.8 Å². The van der Waals surface area contributed by atoms with Gasteiger partial charge < -0.3 is 24.4 Å². The third-order valence-corrected chi connectivity index (χ3v) is 4.84. The van der Waals surface area contributed by atoms with Gasteiger partial charge in [0, 0.05) is 5.56 Å². The molecule has 1 amide bonds. The van der Waals surface area contributed by atoms with Gasteiger partial charge in [-0.1, -0.05) is 24.4 Å². The Morgan fingerprint density at radius 2 is 1.97 bits per heavy atom. The van der Waals surface area contributed by atoms with Crippen LogP contribution in [0.5, 0.6) is 11.5 Å². The Labute approximate surface area is 168 Å². The number of nitriles is 1. The summed E-state index contributed by atoms with van der Waals surface area (Å²) in [5.41, 5.74) is 0.447. The van der Waals surface area contributed by atoms with Gasteiger partial charge in [0.2, 0.25) is 13.4 Å². The number of oxime groups is 1. The van der Waals surface area contributed by atoms with Crippen molar-refractivity contribution < 1.29 is 28.6 Å². The van der Waals surface area contributed by atoms with Crippen molar-refractivity contribution in [3.63, 3.8) is 0 Å². The van der Waals surface area contributed by atoms with Crippen molar-refractivity contribution in [2.45, 2.75) is 44.6 Å². The van der Waals surface area contributed by atoms with Gasteiger partial charge in [-0.2, -0.15) is 5.26 Å². The van der Waals surface area contributed by atoms with Gasteiger partial charge >= 0.3 is 5.97 Å². The Bertz CT molecular complexity index is 839. The van der Waals surface area contributed by atoms with Crippen LogP contribution in [0, 0.1) is 11.3 Å². The van der Waals surface area contributed by atoms with E-state index < -0.39 is 30.6 Å². The van der Waals surface area contributed by atoms with Crippen molar-refractivity contribution in [1.82, 2.24) is 5.32 Å². The van der Waals surface area contributed by atoms with Crippen LogP contribution >= 0.6 is 0 Å². The number of esters is 1. The smallest absolute Gasteiger partial charge is 0.347 e. The monoisotopic (exact) mass is 401 g/mol. The first-order valence-corrected chi connectivity index (χ1v) is 9.46. The summed E-state index contributed by atoms with van der Waals surface area (Å²) in [6, 6.07) is 7.52. The van der Waals surface area contributed by atoms with Crippen LogP contribution in [-0.2, 0) is 19.2 Å². The van der Waals surface area contributed by atoms with E-state index in [2.05, 4.69) is 16.5 Å². The number of hydrogen-bond donors (Lipinski definition) is 1. The lowest BCUT2D eigenvalue weighted by Gasteiger charge is -2.31. The van der Waals surface area contributed by atoms with E-state index in [9.17, 15) is 14.9 Å². The van der Waals surface area contributed by atoms with Crippen LogP contribution in [0.25, 0.3) is 0 Å². The van der Waals surface area contributed by atoms with Crippen molar-refractivity contribution in [3.8, 4) is 17.6 Å². The second-order valence-electron chi connectivity index (χ2n) is 6.98. The molecule has 9 heteroatoms. The van der Waals surface area contributed by atoms with Crippen molar-refractivity contribution >= 4 is 17.6 Å². The number of benzene rings is 1. The van der Waals surface area contributed by atoms with E-state index >= 15 is 0 Å². The van der Waals surface area contributed by atoms with Crippen molar-refractivity contribution in [2.24, 2.45) is 5.16 Å². The highest BCUT2D eigenvalue weighted by atomic mass is 16.7. The van der Waals surface area contributed by atoms with E-state index in [1.807, 2.05) is 0 Å². The highest BCUT2D eigenvalue weighted by Gasteiger charge is 2.33. The van der Waals surface area contributed by atoms with Crippen molar-refractivity contribution in [2.75, 3.05) is 20.0 Å². The number of fused-ring (bicyclic) bond motifs is 1.